The van der Waals surface area contributed by atoms with Gasteiger partial charge < -0.3 is 19.1 Å². The lowest BCUT2D eigenvalue weighted by Crippen LogP contribution is -2.38. The Morgan fingerprint density at radius 1 is 0.893 bits per heavy atom. The first-order valence-electron chi connectivity index (χ1n) is 9.12. The quantitative estimate of drug-likeness (QED) is 0.620. The van der Waals surface area contributed by atoms with Crippen LogP contribution in [0.1, 0.15) is 22.8 Å². The van der Waals surface area contributed by atoms with Gasteiger partial charge in [-0.3, -0.25) is 9.59 Å². The molecule has 0 heterocycles. The number of nitrogens with zero attached hydrogens (tertiary/aromatic N) is 1. The van der Waals surface area contributed by atoms with Crippen LogP contribution in [0.4, 0.5) is 0 Å². The van der Waals surface area contributed by atoms with E-state index in [2.05, 4.69) is 0 Å². The van der Waals surface area contributed by atoms with Gasteiger partial charge in [0.05, 0.1) is 27.2 Å². The molecule has 0 aromatic heterocycles. The molecule has 0 spiro atoms. The molecular formula is C22H27NO5. The predicted molar refractivity (Wildman–Crippen MR) is 107 cm³/mol. The Hall–Kier alpha value is -3.02. The number of carbonyl (C=O) groups excluding carboxylic acids is 2. The van der Waals surface area contributed by atoms with E-state index in [9.17, 15) is 9.59 Å². The van der Waals surface area contributed by atoms with E-state index in [0.29, 0.717) is 24.3 Å². The van der Waals surface area contributed by atoms with Crippen LogP contribution in [-0.4, -0.2) is 51.2 Å². The summed E-state index contributed by atoms with van der Waals surface area (Å²) in [7, 11) is 4.56. The molecule has 6 heteroatoms. The smallest absolute Gasteiger partial charge is 0.310 e. The molecule has 0 N–H and O–H groups in total. The van der Waals surface area contributed by atoms with Crippen molar-refractivity contribution in [1.29, 1.82) is 0 Å². The van der Waals surface area contributed by atoms with E-state index in [0.717, 1.165) is 11.3 Å². The second kappa shape index (κ2) is 10.3. The molecule has 6 nitrogen and oxygen atoms in total. The molecule has 0 saturated heterocycles. The lowest BCUT2D eigenvalue weighted by Gasteiger charge is -2.25. The number of carbonyl (C=O) groups is 2. The fourth-order valence-corrected chi connectivity index (χ4v) is 2.85. The van der Waals surface area contributed by atoms with Gasteiger partial charge in [-0.25, -0.2) is 0 Å². The molecule has 0 aliphatic heterocycles. The van der Waals surface area contributed by atoms with Crippen LogP contribution in [0.15, 0.2) is 48.5 Å². The molecule has 0 fully saturated rings. The highest BCUT2D eigenvalue weighted by atomic mass is 16.5. The highest BCUT2D eigenvalue weighted by Gasteiger charge is 2.22. The highest BCUT2D eigenvalue weighted by molar-refractivity contribution is 5.94. The van der Waals surface area contributed by atoms with Gasteiger partial charge >= 0.3 is 5.97 Å². The van der Waals surface area contributed by atoms with E-state index in [4.69, 9.17) is 14.2 Å². The van der Waals surface area contributed by atoms with E-state index in [1.165, 1.54) is 7.11 Å². The standard InChI is InChI=1S/C22H27NO5/c1-16(22(25)28-4)15-23(14-13-17-5-9-19(26-2)10-6-17)21(24)18-7-11-20(27-3)12-8-18/h5-12,16H,13-15H2,1-4H3. The average Bonchev–Trinajstić information content (AvgIpc) is 2.75. The van der Waals surface area contributed by atoms with E-state index < -0.39 is 5.92 Å². The van der Waals surface area contributed by atoms with Crippen LogP contribution >= 0.6 is 0 Å². The number of hydrogen-bond donors (Lipinski definition) is 0. The average molecular weight is 385 g/mol. The maximum Gasteiger partial charge on any atom is 0.310 e. The fraction of sp³-hybridized carbons (Fsp3) is 0.364. The van der Waals surface area contributed by atoms with Crippen LogP contribution in [0.5, 0.6) is 11.5 Å². The zero-order valence-electron chi connectivity index (χ0n) is 16.8. The van der Waals surface area contributed by atoms with Crippen molar-refractivity contribution < 1.29 is 23.8 Å². The van der Waals surface area contributed by atoms with Crippen molar-refractivity contribution in [2.24, 2.45) is 5.92 Å². The van der Waals surface area contributed by atoms with Crippen LogP contribution in [0.3, 0.4) is 0 Å². The van der Waals surface area contributed by atoms with Gasteiger partial charge in [0.15, 0.2) is 0 Å². The maximum atomic E-state index is 13.0. The van der Waals surface area contributed by atoms with Gasteiger partial charge in [-0.2, -0.15) is 0 Å². The first kappa shape index (κ1) is 21.3. The molecule has 0 bridgehead atoms. The Morgan fingerprint density at radius 2 is 1.43 bits per heavy atom. The largest absolute Gasteiger partial charge is 0.497 e. The molecule has 0 aliphatic carbocycles. The SMILES string of the molecule is COC(=O)C(C)CN(CCc1ccc(OC)cc1)C(=O)c1ccc(OC)cc1. The first-order valence-corrected chi connectivity index (χ1v) is 9.12. The number of ether oxygens (including phenoxy) is 3. The van der Waals surface area contributed by atoms with E-state index in [1.807, 2.05) is 24.3 Å². The van der Waals surface area contributed by atoms with Crippen molar-refractivity contribution in [3.05, 3.63) is 59.7 Å². The molecule has 2 rings (SSSR count). The molecular weight excluding hydrogens is 358 g/mol. The zero-order valence-corrected chi connectivity index (χ0v) is 16.8. The summed E-state index contributed by atoms with van der Waals surface area (Å²) < 4.78 is 15.1. The summed E-state index contributed by atoms with van der Waals surface area (Å²) in [4.78, 5) is 26.6. The number of esters is 1. The van der Waals surface area contributed by atoms with Gasteiger partial charge in [0, 0.05) is 18.7 Å². The molecule has 0 aliphatic rings. The summed E-state index contributed by atoms with van der Waals surface area (Å²) in [5.41, 5.74) is 1.63. The summed E-state index contributed by atoms with van der Waals surface area (Å²) in [6.07, 6.45) is 0.666. The second-order valence-corrected chi connectivity index (χ2v) is 6.50. The van der Waals surface area contributed by atoms with Crippen molar-refractivity contribution in [2.45, 2.75) is 13.3 Å². The summed E-state index contributed by atoms with van der Waals surface area (Å²) in [5.74, 6) is 0.588. The van der Waals surface area contributed by atoms with Gasteiger partial charge in [0.25, 0.3) is 5.91 Å². The fourth-order valence-electron chi connectivity index (χ4n) is 2.85. The molecule has 1 atom stereocenters. The summed E-state index contributed by atoms with van der Waals surface area (Å²) in [6.45, 7) is 2.53. The Kier molecular flexibility index (Phi) is 7.87. The topological polar surface area (TPSA) is 65.1 Å². The Labute approximate surface area is 166 Å². The van der Waals surface area contributed by atoms with Crippen LogP contribution < -0.4 is 9.47 Å². The third-order valence-electron chi connectivity index (χ3n) is 4.55. The number of rotatable bonds is 9. The monoisotopic (exact) mass is 385 g/mol. The minimum Gasteiger partial charge on any atom is -0.497 e. The van der Waals surface area contributed by atoms with Crippen LogP contribution in [-0.2, 0) is 16.0 Å². The molecule has 28 heavy (non-hydrogen) atoms. The van der Waals surface area contributed by atoms with Crippen LogP contribution in [0.2, 0.25) is 0 Å². The number of hydrogen-bond acceptors (Lipinski definition) is 5. The van der Waals surface area contributed by atoms with Crippen molar-refractivity contribution >= 4 is 11.9 Å². The Morgan fingerprint density at radius 3 is 1.93 bits per heavy atom. The minimum absolute atomic E-state index is 0.132. The Bertz CT molecular complexity index is 771. The van der Waals surface area contributed by atoms with Gasteiger partial charge in [0.2, 0.25) is 0 Å². The summed E-state index contributed by atoms with van der Waals surface area (Å²) in [5, 5.41) is 0. The first-order chi connectivity index (χ1) is 13.5. The van der Waals surface area contributed by atoms with Crippen LogP contribution in [0.25, 0.3) is 0 Å². The van der Waals surface area contributed by atoms with Gasteiger partial charge in [-0.1, -0.05) is 19.1 Å². The van der Waals surface area contributed by atoms with Crippen molar-refractivity contribution in [3.63, 3.8) is 0 Å². The number of methoxy groups -OCH3 is 3. The normalized spacial score (nSPS) is 11.4. The molecule has 1 unspecified atom stereocenters. The maximum absolute atomic E-state index is 13.0. The van der Waals surface area contributed by atoms with Gasteiger partial charge in [0.1, 0.15) is 11.5 Å². The van der Waals surface area contributed by atoms with Crippen molar-refractivity contribution in [3.8, 4) is 11.5 Å². The Balaban J connectivity index is 2.14. The molecule has 1 amide bonds. The van der Waals surface area contributed by atoms with E-state index in [-0.39, 0.29) is 18.4 Å². The second-order valence-electron chi connectivity index (χ2n) is 6.50. The van der Waals surface area contributed by atoms with Crippen molar-refractivity contribution in [1.82, 2.24) is 4.90 Å². The lowest BCUT2D eigenvalue weighted by molar-refractivity contribution is -0.145. The van der Waals surface area contributed by atoms with E-state index >= 15 is 0 Å². The number of benzene rings is 2. The summed E-state index contributed by atoms with van der Waals surface area (Å²) in [6, 6.07) is 14.7. The highest BCUT2D eigenvalue weighted by Crippen LogP contribution is 2.16. The predicted octanol–water partition coefficient (Wildman–Crippen LogP) is 3.20. The lowest BCUT2D eigenvalue weighted by atomic mass is 10.1. The van der Waals surface area contributed by atoms with Crippen LogP contribution in [0, 0.1) is 5.92 Å². The summed E-state index contributed by atoms with van der Waals surface area (Å²) >= 11 is 0. The van der Waals surface area contributed by atoms with Gasteiger partial charge in [-0.15, -0.1) is 0 Å². The van der Waals surface area contributed by atoms with E-state index in [1.54, 1.807) is 50.3 Å². The zero-order chi connectivity index (χ0) is 20.5. The molecule has 150 valence electrons. The molecule has 2 aromatic rings. The van der Waals surface area contributed by atoms with Gasteiger partial charge in [-0.05, 0) is 48.4 Å². The molecule has 2 aromatic carbocycles. The molecule has 0 saturated carbocycles. The third kappa shape index (κ3) is 5.74. The minimum atomic E-state index is -0.414. The number of amides is 1. The van der Waals surface area contributed by atoms with Crippen molar-refractivity contribution in [2.75, 3.05) is 34.4 Å². The third-order valence-corrected chi connectivity index (χ3v) is 4.55. The molecule has 0 radical (unpaired) electrons.